The highest BCUT2D eigenvalue weighted by Crippen LogP contribution is 2.15. The fourth-order valence-corrected chi connectivity index (χ4v) is 2.50. The number of aliphatic carboxylic acids is 1. The van der Waals surface area contributed by atoms with Crippen LogP contribution in [0.2, 0.25) is 0 Å². The average molecular weight is 352 g/mol. The molecule has 0 amide bonds. The number of carboxylic acid groups (broad SMARTS) is 1. The number of furan rings is 1. The Morgan fingerprint density at radius 1 is 1.24 bits per heavy atom. The highest BCUT2D eigenvalue weighted by molar-refractivity contribution is 9.10. The van der Waals surface area contributed by atoms with Crippen LogP contribution in [0.25, 0.3) is 0 Å². The van der Waals surface area contributed by atoms with Gasteiger partial charge in [0.1, 0.15) is 5.76 Å². The summed E-state index contributed by atoms with van der Waals surface area (Å²) >= 11 is 3.27. The van der Waals surface area contributed by atoms with Crippen molar-refractivity contribution in [1.29, 1.82) is 0 Å². The zero-order chi connectivity index (χ0) is 15.1. The molecule has 0 saturated carbocycles. The van der Waals surface area contributed by atoms with Gasteiger partial charge >= 0.3 is 5.97 Å². The summed E-state index contributed by atoms with van der Waals surface area (Å²) in [7, 11) is 0. The van der Waals surface area contributed by atoms with Crippen LogP contribution in [-0.4, -0.2) is 17.1 Å². The van der Waals surface area contributed by atoms with Gasteiger partial charge in [-0.2, -0.15) is 0 Å². The SMILES string of the molecule is O=C(O)CCC(Cc1ccccc1)NCc1ccc(Br)o1. The van der Waals surface area contributed by atoms with Gasteiger partial charge < -0.3 is 14.8 Å². The number of nitrogens with one attached hydrogen (secondary N) is 1. The van der Waals surface area contributed by atoms with Crippen molar-refractivity contribution in [2.75, 3.05) is 0 Å². The van der Waals surface area contributed by atoms with Gasteiger partial charge in [0.2, 0.25) is 0 Å². The highest BCUT2D eigenvalue weighted by Gasteiger charge is 2.12. The Kier molecular flexibility index (Phi) is 6.02. The molecule has 1 unspecified atom stereocenters. The van der Waals surface area contributed by atoms with Crippen LogP contribution in [0.4, 0.5) is 0 Å². The molecule has 2 aromatic rings. The van der Waals surface area contributed by atoms with E-state index in [0.29, 0.717) is 17.6 Å². The quantitative estimate of drug-likeness (QED) is 0.762. The molecule has 1 atom stereocenters. The van der Waals surface area contributed by atoms with E-state index in [-0.39, 0.29) is 12.5 Å². The van der Waals surface area contributed by atoms with Crippen LogP contribution in [0.5, 0.6) is 0 Å². The van der Waals surface area contributed by atoms with Crippen LogP contribution in [0.1, 0.15) is 24.2 Å². The molecule has 112 valence electrons. The van der Waals surface area contributed by atoms with E-state index in [1.165, 1.54) is 5.56 Å². The van der Waals surface area contributed by atoms with E-state index < -0.39 is 5.97 Å². The molecule has 0 aliphatic rings. The smallest absolute Gasteiger partial charge is 0.303 e. The number of benzene rings is 1. The van der Waals surface area contributed by atoms with E-state index in [4.69, 9.17) is 9.52 Å². The van der Waals surface area contributed by atoms with Gasteiger partial charge in [0, 0.05) is 12.5 Å². The minimum atomic E-state index is -0.768. The zero-order valence-electron chi connectivity index (χ0n) is 11.6. The van der Waals surface area contributed by atoms with Crippen LogP contribution in [-0.2, 0) is 17.8 Å². The van der Waals surface area contributed by atoms with Gasteiger partial charge in [-0.1, -0.05) is 30.3 Å². The molecular formula is C16H18BrNO3. The Hall–Kier alpha value is -1.59. The predicted molar refractivity (Wildman–Crippen MR) is 84.1 cm³/mol. The molecular weight excluding hydrogens is 334 g/mol. The van der Waals surface area contributed by atoms with Crippen LogP contribution >= 0.6 is 15.9 Å². The predicted octanol–water partition coefficient (Wildman–Crippen LogP) is 3.61. The molecule has 0 bridgehead atoms. The maximum Gasteiger partial charge on any atom is 0.303 e. The van der Waals surface area contributed by atoms with E-state index >= 15 is 0 Å². The number of rotatable bonds is 8. The van der Waals surface area contributed by atoms with Gasteiger partial charge in [-0.25, -0.2) is 0 Å². The summed E-state index contributed by atoms with van der Waals surface area (Å²) < 4.78 is 6.15. The molecule has 0 fully saturated rings. The number of halogens is 1. The summed E-state index contributed by atoms with van der Waals surface area (Å²) in [4.78, 5) is 10.8. The van der Waals surface area contributed by atoms with Gasteiger partial charge in [0.05, 0.1) is 6.54 Å². The second-order valence-corrected chi connectivity index (χ2v) is 5.69. The number of carboxylic acids is 1. The Morgan fingerprint density at radius 2 is 2.00 bits per heavy atom. The number of hydrogen-bond donors (Lipinski definition) is 2. The van der Waals surface area contributed by atoms with Crippen molar-refractivity contribution in [3.05, 3.63) is 58.5 Å². The van der Waals surface area contributed by atoms with Crippen molar-refractivity contribution in [2.45, 2.75) is 31.8 Å². The lowest BCUT2D eigenvalue weighted by Crippen LogP contribution is -2.31. The maximum atomic E-state index is 10.8. The lowest BCUT2D eigenvalue weighted by Gasteiger charge is -2.17. The Bertz CT molecular complexity index is 568. The topological polar surface area (TPSA) is 62.5 Å². The minimum Gasteiger partial charge on any atom is -0.481 e. The Morgan fingerprint density at radius 3 is 2.62 bits per heavy atom. The van der Waals surface area contributed by atoms with Gasteiger partial charge in [-0.15, -0.1) is 0 Å². The fraction of sp³-hybridized carbons (Fsp3) is 0.312. The molecule has 0 spiro atoms. The van der Waals surface area contributed by atoms with Crippen molar-refractivity contribution in [3.8, 4) is 0 Å². The molecule has 0 saturated heterocycles. The number of hydrogen-bond acceptors (Lipinski definition) is 3. The minimum absolute atomic E-state index is 0.104. The molecule has 0 radical (unpaired) electrons. The van der Waals surface area contributed by atoms with Crippen molar-refractivity contribution in [3.63, 3.8) is 0 Å². The molecule has 1 aromatic carbocycles. The van der Waals surface area contributed by atoms with E-state index in [0.717, 1.165) is 12.2 Å². The third-order valence-corrected chi connectivity index (χ3v) is 3.65. The first-order valence-electron chi connectivity index (χ1n) is 6.87. The molecule has 1 aromatic heterocycles. The summed E-state index contributed by atoms with van der Waals surface area (Å²) in [6, 6.07) is 13.9. The average Bonchev–Trinajstić information content (AvgIpc) is 2.88. The molecule has 2 N–H and O–H groups in total. The van der Waals surface area contributed by atoms with Gasteiger partial charge in [-0.05, 0) is 46.5 Å². The lowest BCUT2D eigenvalue weighted by molar-refractivity contribution is -0.137. The second kappa shape index (κ2) is 8.00. The number of carbonyl (C=O) groups is 1. The highest BCUT2D eigenvalue weighted by atomic mass is 79.9. The molecule has 0 aliphatic carbocycles. The van der Waals surface area contributed by atoms with E-state index in [2.05, 4.69) is 33.4 Å². The normalized spacial score (nSPS) is 12.2. The van der Waals surface area contributed by atoms with Crippen molar-refractivity contribution < 1.29 is 14.3 Å². The third kappa shape index (κ3) is 5.73. The fourth-order valence-electron chi connectivity index (χ4n) is 2.16. The van der Waals surface area contributed by atoms with Crippen molar-refractivity contribution in [2.24, 2.45) is 0 Å². The Labute approximate surface area is 132 Å². The van der Waals surface area contributed by atoms with Crippen LogP contribution < -0.4 is 5.32 Å². The van der Waals surface area contributed by atoms with Crippen molar-refractivity contribution >= 4 is 21.9 Å². The zero-order valence-corrected chi connectivity index (χ0v) is 13.2. The molecule has 4 nitrogen and oxygen atoms in total. The lowest BCUT2D eigenvalue weighted by atomic mass is 10.0. The summed E-state index contributed by atoms with van der Waals surface area (Å²) in [5, 5.41) is 12.2. The molecule has 5 heteroatoms. The van der Waals surface area contributed by atoms with Gasteiger partial charge in [0.15, 0.2) is 4.67 Å². The van der Waals surface area contributed by atoms with Crippen LogP contribution in [0, 0.1) is 0 Å². The first kappa shape index (κ1) is 15.8. The van der Waals surface area contributed by atoms with E-state index in [9.17, 15) is 4.79 Å². The summed E-state index contributed by atoms with van der Waals surface area (Å²) in [5.41, 5.74) is 1.20. The van der Waals surface area contributed by atoms with E-state index in [1.807, 2.05) is 30.3 Å². The monoisotopic (exact) mass is 351 g/mol. The summed E-state index contributed by atoms with van der Waals surface area (Å²) in [5.74, 6) is 0.0610. The summed E-state index contributed by atoms with van der Waals surface area (Å²) in [6.07, 6.45) is 1.55. The van der Waals surface area contributed by atoms with E-state index in [1.54, 1.807) is 0 Å². The standard InChI is InChI=1S/C16H18BrNO3/c17-15-8-7-14(21-15)11-18-13(6-9-16(19)20)10-12-4-2-1-3-5-12/h1-5,7-8,13,18H,6,9-11H2,(H,19,20). The maximum absolute atomic E-state index is 10.8. The largest absolute Gasteiger partial charge is 0.481 e. The molecule has 21 heavy (non-hydrogen) atoms. The third-order valence-electron chi connectivity index (χ3n) is 3.23. The van der Waals surface area contributed by atoms with Crippen LogP contribution in [0.15, 0.2) is 51.6 Å². The Balaban J connectivity index is 1.92. The van der Waals surface area contributed by atoms with Gasteiger partial charge in [0.25, 0.3) is 0 Å². The molecule has 1 heterocycles. The van der Waals surface area contributed by atoms with Crippen LogP contribution in [0.3, 0.4) is 0 Å². The first-order chi connectivity index (χ1) is 10.1. The first-order valence-corrected chi connectivity index (χ1v) is 7.66. The van der Waals surface area contributed by atoms with Gasteiger partial charge in [-0.3, -0.25) is 4.79 Å². The van der Waals surface area contributed by atoms with Crippen molar-refractivity contribution in [1.82, 2.24) is 5.32 Å². The second-order valence-electron chi connectivity index (χ2n) is 4.91. The summed E-state index contributed by atoms with van der Waals surface area (Å²) in [6.45, 7) is 0.586. The molecule has 0 aliphatic heterocycles. The molecule has 2 rings (SSSR count).